The zero-order valence-corrected chi connectivity index (χ0v) is 11.6. The van der Waals surface area contributed by atoms with Crippen molar-refractivity contribution in [2.45, 2.75) is 18.9 Å². The highest BCUT2D eigenvalue weighted by Crippen LogP contribution is 2.26. The van der Waals surface area contributed by atoms with E-state index in [1.807, 2.05) is 0 Å². The lowest BCUT2D eigenvalue weighted by molar-refractivity contribution is -0.385. The monoisotopic (exact) mass is 296 g/mol. The number of nitrogens with zero attached hydrogens (tertiary/aromatic N) is 2. The molecule has 1 heterocycles. The maximum atomic E-state index is 12.1. The van der Waals surface area contributed by atoms with Crippen molar-refractivity contribution in [3.63, 3.8) is 0 Å². The van der Waals surface area contributed by atoms with Gasteiger partial charge in [0, 0.05) is 6.07 Å². The van der Waals surface area contributed by atoms with Gasteiger partial charge in [-0.15, -0.1) is 0 Å². The van der Waals surface area contributed by atoms with Crippen LogP contribution >= 0.6 is 0 Å². The normalized spacial score (nSPS) is 11.3. The number of imidazole rings is 1. The van der Waals surface area contributed by atoms with E-state index in [1.165, 1.54) is 31.3 Å². The lowest BCUT2D eigenvalue weighted by Gasteiger charge is -2.09. The van der Waals surface area contributed by atoms with Gasteiger partial charge >= 0.3 is 0 Å². The molecule has 0 amide bonds. The van der Waals surface area contributed by atoms with E-state index >= 15 is 0 Å². The molecule has 0 spiro atoms. The first-order chi connectivity index (χ1) is 9.31. The highest BCUT2D eigenvalue weighted by molar-refractivity contribution is 7.92. The second kappa shape index (κ2) is 4.93. The van der Waals surface area contributed by atoms with Crippen molar-refractivity contribution in [2.75, 3.05) is 4.72 Å². The number of nitro groups is 1. The fraction of sp³-hybridized carbons (Fsp3) is 0.182. The van der Waals surface area contributed by atoms with Crippen LogP contribution in [0.15, 0.2) is 29.4 Å². The molecular weight excluding hydrogens is 284 g/mol. The maximum absolute atomic E-state index is 12.1. The molecule has 0 radical (unpaired) electrons. The van der Waals surface area contributed by atoms with Crippen molar-refractivity contribution in [3.8, 4) is 0 Å². The molecule has 0 bridgehead atoms. The van der Waals surface area contributed by atoms with Gasteiger partial charge in [0.15, 0.2) is 5.03 Å². The first-order valence-electron chi connectivity index (χ1n) is 5.59. The number of aromatic nitrogens is 2. The Morgan fingerprint density at radius 3 is 2.60 bits per heavy atom. The minimum absolute atomic E-state index is 0.0964. The second-order valence-electron chi connectivity index (χ2n) is 4.15. The molecule has 9 heteroatoms. The van der Waals surface area contributed by atoms with Crippen LogP contribution in [0.25, 0.3) is 0 Å². The Hall–Kier alpha value is -2.42. The number of aromatic amines is 1. The first kappa shape index (κ1) is 14.0. The number of nitrogens with one attached hydrogen (secondary N) is 2. The first-order valence-corrected chi connectivity index (χ1v) is 7.08. The lowest BCUT2D eigenvalue weighted by atomic mass is 10.2. The Morgan fingerprint density at radius 2 is 2.05 bits per heavy atom. The van der Waals surface area contributed by atoms with Crippen LogP contribution in [0.1, 0.15) is 11.4 Å². The van der Waals surface area contributed by atoms with Gasteiger partial charge in [0.05, 0.1) is 22.4 Å². The highest BCUT2D eigenvalue weighted by Gasteiger charge is 2.20. The standard InChI is InChI=1S/C11H12N4O4S/c1-7-9(4-3-5-10(7)15(16)17)14-20(18,19)11-6-12-8(2)13-11/h3-6,14H,1-2H3,(H,12,13). The van der Waals surface area contributed by atoms with Gasteiger partial charge in [-0.1, -0.05) is 6.07 Å². The van der Waals surface area contributed by atoms with Crippen LogP contribution in [0, 0.1) is 24.0 Å². The molecular formula is C11H12N4O4S. The number of aryl methyl sites for hydroxylation is 1. The summed E-state index contributed by atoms with van der Waals surface area (Å²) in [5.74, 6) is 0.459. The molecule has 1 aromatic heterocycles. The largest absolute Gasteiger partial charge is 0.332 e. The van der Waals surface area contributed by atoms with E-state index < -0.39 is 14.9 Å². The van der Waals surface area contributed by atoms with Crippen LogP contribution in [0.2, 0.25) is 0 Å². The summed E-state index contributed by atoms with van der Waals surface area (Å²) in [6.07, 6.45) is 1.18. The van der Waals surface area contributed by atoms with Gasteiger partial charge in [-0.05, 0) is 19.9 Å². The summed E-state index contributed by atoms with van der Waals surface area (Å²) in [7, 11) is -3.85. The van der Waals surface area contributed by atoms with Gasteiger partial charge in [-0.3, -0.25) is 14.8 Å². The zero-order chi connectivity index (χ0) is 14.9. The summed E-state index contributed by atoms with van der Waals surface area (Å²) >= 11 is 0. The third-order valence-electron chi connectivity index (χ3n) is 2.72. The molecule has 0 aliphatic carbocycles. The molecule has 20 heavy (non-hydrogen) atoms. The summed E-state index contributed by atoms with van der Waals surface area (Å²) in [5.41, 5.74) is 0.259. The quantitative estimate of drug-likeness (QED) is 0.658. The number of H-pyrrole nitrogens is 1. The zero-order valence-electron chi connectivity index (χ0n) is 10.7. The molecule has 0 aliphatic rings. The summed E-state index contributed by atoms with van der Waals surface area (Å²) in [5, 5.41) is 10.7. The van der Waals surface area contributed by atoms with E-state index in [4.69, 9.17) is 0 Å². The van der Waals surface area contributed by atoms with E-state index in [0.717, 1.165) is 0 Å². The topological polar surface area (TPSA) is 118 Å². The Kier molecular flexibility index (Phi) is 3.45. The van der Waals surface area contributed by atoms with Gasteiger partial charge in [-0.2, -0.15) is 8.42 Å². The minimum atomic E-state index is -3.85. The van der Waals surface area contributed by atoms with E-state index in [9.17, 15) is 18.5 Å². The van der Waals surface area contributed by atoms with Crippen LogP contribution in [-0.4, -0.2) is 23.3 Å². The van der Waals surface area contributed by atoms with E-state index in [2.05, 4.69) is 14.7 Å². The van der Waals surface area contributed by atoms with Crippen molar-refractivity contribution in [2.24, 2.45) is 0 Å². The molecule has 0 atom stereocenters. The summed E-state index contributed by atoms with van der Waals surface area (Å²) in [4.78, 5) is 16.7. The Bertz CT molecular complexity index is 766. The number of nitro benzene ring substituents is 1. The van der Waals surface area contributed by atoms with Gasteiger partial charge in [0.1, 0.15) is 5.82 Å². The lowest BCUT2D eigenvalue weighted by Crippen LogP contribution is -2.14. The number of hydrogen-bond acceptors (Lipinski definition) is 5. The minimum Gasteiger partial charge on any atom is -0.332 e. The second-order valence-corrected chi connectivity index (χ2v) is 5.80. The third kappa shape index (κ3) is 2.62. The molecule has 1 aromatic carbocycles. The molecule has 2 aromatic rings. The number of rotatable bonds is 4. The van der Waals surface area contributed by atoms with Crippen molar-refractivity contribution in [3.05, 3.63) is 45.9 Å². The molecule has 0 saturated heterocycles. The van der Waals surface area contributed by atoms with E-state index in [1.54, 1.807) is 6.92 Å². The van der Waals surface area contributed by atoms with Crippen molar-refractivity contribution in [1.82, 2.24) is 9.97 Å². The van der Waals surface area contributed by atoms with Gasteiger partial charge in [0.25, 0.3) is 15.7 Å². The average Bonchev–Trinajstić information content (AvgIpc) is 2.79. The van der Waals surface area contributed by atoms with Crippen molar-refractivity contribution < 1.29 is 13.3 Å². The Labute approximate surface area is 115 Å². The summed E-state index contributed by atoms with van der Waals surface area (Å²) in [6, 6.07) is 4.19. The number of anilines is 1. The van der Waals surface area contributed by atoms with Crippen molar-refractivity contribution in [1.29, 1.82) is 0 Å². The van der Waals surface area contributed by atoms with Gasteiger partial charge in [-0.25, -0.2) is 4.98 Å². The van der Waals surface area contributed by atoms with E-state index in [0.29, 0.717) is 5.82 Å². The predicted molar refractivity (Wildman–Crippen MR) is 72.0 cm³/mol. The predicted octanol–water partition coefficient (Wildman–Crippen LogP) is 1.74. The van der Waals surface area contributed by atoms with Gasteiger partial charge < -0.3 is 4.98 Å². The Morgan fingerprint density at radius 1 is 1.35 bits per heavy atom. The van der Waals surface area contributed by atoms with E-state index in [-0.39, 0.29) is 22.0 Å². The molecule has 8 nitrogen and oxygen atoms in total. The maximum Gasteiger partial charge on any atom is 0.278 e. The fourth-order valence-corrected chi connectivity index (χ4v) is 2.76. The molecule has 0 fully saturated rings. The average molecular weight is 296 g/mol. The third-order valence-corrected chi connectivity index (χ3v) is 3.99. The van der Waals surface area contributed by atoms with Gasteiger partial charge in [0.2, 0.25) is 0 Å². The molecule has 2 rings (SSSR count). The highest BCUT2D eigenvalue weighted by atomic mass is 32.2. The van der Waals surface area contributed by atoms with Crippen LogP contribution in [0.4, 0.5) is 11.4 Å². The summed E-state index contributed by atoms with van der Waals surface area (Å²) in [6.45, 7) is 3.10. The summed E-state index contributed by atoms with van der Waals surface area (Å²) < 4.78 is 26.5. The SMILES string of the molecule is Cc1ncc(S(=O)(=O)Nc2cccc([N+](=O)[O-])c2C)[nH]1. The number of sulfonamides is 1. The fourth-order valence-electron chi connectivity index (χ4n) is 1.67. The van der Waals surface area contributed by atoms with Crippen LogP contribution in [0.5, 0.6) is 0 Å². The van der Waals surface area contributed by atoms with Crippen molar-refractivity contribution >= 4 is 21.4 Å². The van der Waals surface area contributed by atoms with Crippen LogP contribution < -0.4 is 4.72 Å². The molecule has 0 unspecified atom stereocenters. The molecule has 0 aliphatic heterocycles. The molecule has 106 valence electrons. The Balaban J connectivity index is 2.40. The van der Waals surface area contributed by atoms with Crippen LogP contribution in [-0.2, 0) is 10.0 Å². The number of benzene rings is 1. The molecule has 0 saturated carbocycles. The molecule has 2 N–H and O–H groups in total. The van der Waals surface area contributed by atoms with Crippen LogP contribution in [0.3, 0.4) is 0 Å². The smallest absolute Gasteiger partial charge is 0.278 e. The number of hydrogen-bond donors (Lipinski definition) is 2.